The number of hydroxylamine groups is 1. The Labute approximate surface area is 256 Å². The first-order chi connectivity index (χ1) is 21.2. The maximum Gasteiger partial charge on any atom is 0.277 e. The van der Waals surface area contributed by atoms with Crippen LogP contribution in [0.1, 0.15) is 51.6 Å². The molecule has 0 aliphatic carbocycles. The predicted octanol–water partition coefficient (Wildman–Crippen LogP) is 1.95. The molecule has 2 N–H and O–H groups in total. The van der Waals surface area contributed by atoms with E-state index in [1.807, 2.05) is 13.8 Å². The van der Waals surface area contributed by atoms with Crippen LogP contribution in [0.25, 0.3) is 22.4 Å². The van der Waals surface area contributed by atoms with Crippen molar-refractivity contribution in [1.29, 1.82) is 0 Å². The molecule has 240 valence electrons. The van der Waals surface area contributed by atoms with Crippen LogP contribution in [0.2, 0.25) is 0 Å². The number of hydrogen-bond acceptors (Lipinski definition) is 10. The van der Waals surface area contributed by atoms with Gasteiger partial charge in [-0.25, -0.2) is 23.7 Å². The van der Waals surface area contributed by atoms with Crippen molar-refractivity contribution in [3.05, 3.63) is 34.2 Å². The largest absolute Gasteiger partial charge is 0.493 e. The van der Waals surface area contributed by atoms with Crippen LogP contribution in [-0.2, 0) is 37.9 Å². The molecular weight excluding hydrogens is 590 g/mol. The molecule has 44 heavy (non-hydrogen) atoms. The average molecular weight is 632 g/mol. The third-order valence-corrected chi connectivity index (χ3v) is 9.72. The van der Waals surface area contributed by atoms with Gasteiger partial charge in [-0.1, -0.05) is 13.3 Å². The normalized spacial score (nSPS) is 18.5. The lowest BCUT2D eigenvalue weighted by Gasteiger charge is -2.34. The molecule has 0 radical (unpaired) electrons. The number of nitrogens with zero attached hydrogens (tertiary/aromatic N) is 5. The zero-order valence-electron chi connectivity index (χ0n) is 25.5. The molecule has 2 fully saturated rings. The summed E-state index contributed by atoms with van der Waals surface area (Å²) in [7, 11) is -2.16. The van der Waals surface area contributed by atoms with Crippen LogP contribution in [0.15, 0.2) is 27.9 Å². The van der Waals surface area contributed by atoms with Crippen molar-refractivity contribution in [2.24, 2.45) is 7.05 Å². The standard InChI is InChI=1S/C29H41N7O7S/c1-4-8-22-26-27(34(3)32-22)29(38)31-28(30-26)21-19-20(10-11-23(21)41-5-2)44(39,40)36-16-14-35(15-17-36)13-12-24(37)33-43-25-9-6-7-18-42-25/h10-11,19,25H,4-9,12-18H2,1-3H3,(H,33,37)(H,30,31,38). The number of carbonyl (C=O) groups is 1. The molecule has 2 aliphatic rings. The van der Waals surface area contributed by atoms with E-state index in [4.69, 9.17) is 19.3 Å². The first-order valence-electron chi connectivity index (χ1n) is 15.2. The summed E-state index contributed by atoms with van der Waals surface area (Å²) in [4.78, 5) is 40.3. The molecule has 4 heterocycles. The van der Waals surface area contributed by atoms with E-state index in [1.165, 1.54) is 21.1 Å². The van der Waals surface area contributed by atoms with Crippen molar-refractivity contribution >= 4 is 27.0 Å². The minimum atomic E-state index is -3.86. The van der Waals surface area contributed by atoms with Crippen molar-refractivity contribution in [2.75, 3.05) is 45.9 Å². The number of benzene rings is 1. The molecule has 0 spiro atoms. The van der Waals surface area contributed by atoms with E-state index in [-0.39, 0.29) is 41.7 Å². The molecule has 2 aliphatic heterocycles. The topological polar surface area (TPSA) is 161 Å². The Balaban J connectivity index is 1.28. The maximum absolute atomic E-state index is 13.7. The highest BCUT2D eigenvalue weighted by molar-refractivity contribution is 7.89. The highest BCUT2D eigenvalue weighted by atomic mass is 32.2. The van der Waals surface area contributed by atoms with Crippen molar-refractivity contribution in [1.82, 2.24) is 34.4 Å². The van der Waals surface area contributed by atoms with E-state index < -0.39 is 16.3 Å². The van der Waals surface area contributed by atoms with Gasteiger partial charge in [0.2, 0.25) is 15.9 Å². The van der Waals surface area contributed by atoms with Crippen LogP contribution in [0.3, 0.4) is 0 Å². The number of fused-ring (bicyclic) bond motifs is 1. The Morgan fingerprint density at radius 2 is 1.98 bits per heavy atom. The third-order valence-electron chi connectivity index (χ3n) is 7.82. The van der Waals surface area contributed by atoms with Gasteiger partial charge in [0, 0.05) is 59.2 Å². The van der Waals surface area contributed by atoms with Crippen LogP contribution in [-0.4, -0.2) is 95.5 Å². The number of ether oxygens (including phenoxy) is 2. The second-order valence-corrected chi connectivity index (χ2v) is 12.9. The Hall–Kier alpha value is -3.37. The quantitative estimate of drug-likeness (QED) is 0.283. The summed E-state index contributed by atoms with van der Waals surface area (Å²) in [6, 6.07) is 4.62. The van der Waals surface area contributed by atoms with E-state index >= 15 is 0 Å². The molecule has 15 heteroatoms. The smallest absolute Gasteiger partial charge is 0.277 e. The Morgan fingerprint density at radius 1 is 1.18 bits per heavy atom. The molecule has 0 saturated carbocycles. The van der Waals surface area contributed by atoms with Crippen molar-refractivity contribution in [3.63, 3.8) is 0 Å². The summed E-state index contributed by atoms with van der Waals surface area (Å²) in [6.07, 6.45) is 4.06. The highest BCUT2D eigenvalue weighted by Crippen LogP contribution is 2.32. The molecule has 1 atom stereocenters. The molecule has 2 aromatic heterocycles. The molecule has 14 nitrogen and oxygen atoms in total. The summed E-state index contributed by atoms with van der Waals surface area (Å²) < 4.78 is 41.7. The van der Waals surface area contributed by atoms with Gasteiger partial charge in [-0.3, -0.25) is 14.3 Å². The second-order valence-electron chi connectivity index (χ2n) is 11.0. The van der Waals surface area contributed by atoms with Crippen LogP contribution >= 0.6 is 0 Å². The zero-order chi connectivity index (χ0) is 31.3. The van der Waals surface area contributed by atoms with E-state index in [2.05, 4.69) is 20.5 Å². The molecule has 0 bridgehead atoms. The molecule has 3 aromatic rings. The number of aromatic nitrogens is 4. The van der Waals surface area contributed by atoms with Gasteiger partial charge in [0.15, 0.2) is 11.8 Å². The van der Waals surface area contributed by atoms with Crippen LogP contribution in [0, 0.1) is 0 Å². The van der Waals surface area contributed by atoms with Crippen LogP contribution in [0.5, 0.6) is 5.75 Å². The Bertz CT molecular complexity index is 1620. The average Bonchev–Trinajstić information content (AvgIpc) is 3.35. The van der Waals surface area contributed by atoms with Crippen LogP contribution < -0.4 is 15.8 Å². The maximum atomic E-state index is 13.7. The summed E-state index contributed by atoms with van der Waals surface area (Å²) in [5.74, 6) is 0.390. The number of amides is 1. The fourth-order valence-electron chi connectivity index (χ4n) is 5.50. The molecule has 1 amide bonds. The van der Waals surface area contributed by atoms with Gasteiger partial charge in [-0.15, -0.1) is 0 Å². The third kappa shape index (κ3) is 7.12. The van der Waals surface area contributed by atoms with Gasteiger partial charge in [0.1, 0.15) is 17.1 Å². The Kier molecular flexibility index (Phi) is 10.3. The molecular formula is C29H41N7O7S. The lowest BCUT2D eigenvalue weighted by atomic mass is 10.1. The highest BCUT2D eigenvalue weighted by Gasteiger charge is 2.30. The number of H-pyrrole nitrogens is 1. The fourth-order valence-corrected chi connectivity index (χ4v) is 6.95. The summed E-state index contributed by atoms with van der Waals surface area (Å²) in [6.45, 7) is 6.82. The van der Waals surface area contributed by atoms with E-state index in [9.17, 15) is 18.0 Å². The van der Waals surface area contributed by atoms with Crippen molar-refractivity contribution in [2.45, 2.75) is 63.6 Å². The number of nitrogens with one attached hydrogen (secondary N) is 2. The lowest BCUT2D eigenvalue weighted by Crippen LogP contribution is -2.49. The monoisotopic (exact) mass is 631 g/mol. The predicted molar refractivity (Wildman–Crippen MR) is 162 cm³/mol. The van der Waals surface area contributed by atoms with Gasteiger partial charge in [-0.05, 0) is 44.4 Å². The summed E-state index contributed by atoms with van der Waals surface area (Å²) >= 11 is 0. The first kappa shape index (κ1) is 32.0. The van der Waals surface area contributed by atoms with E-state index in [1.54, 1.807) is 13.1 Å². The fraction of sp³-hybridized carbons (Fsp3) is 0.586. The summed E-state index contributed by atoms with van der Waals surface area (Å²) in [5, 5.41) is 4.47. The SMILES string of the molecule is CCCc1nn(C)c2c(=O)[nH]c(-c3cc(S(=O)(=O)N4CCN(CCC(=O)NOC5CCCCO5)CC4)ccc3OCC)nc12. The first-order valence-corrected chi connectivity index (χ1v) is 16.7. The minimum absolute atomic E-state index is 0.0774. The number of aryl methyl sites for hydroxylation is 2. The number of carbonyl (C=O) groups excluding carboxylic acids is 1. The van der Waals surface area contributed by atoms with E-state index in [0.29, 0.717) is 67.3 Å². The second kappa shape index (κ2) is 14.2. The van der Waals surface area contributed by atoms with Gasteiger partial charge in [-0.2, -0.15) is 9.40 Å². The van der Waals surface area contributed by atoms with E-state index in [0.717, 1.165) is 25.7 Å². The Morgan fingerprint density at radius 3 is 2.68 bits per heavy atom. The van der Waals surface area contributed by atoms with Gasteiger partial charge in [0.05, 0.1) is 22.8 Å². The molecule has 1 aromatic carbocycles. The summed E-state index contributed by atoms with van der Waals surface area (Å²) in [5.41, 5.74) is 4.04. The van der Waals surface area contributed by atoms with Gasteiger partial charge >= 0.3 is 0 Å². The number of rotatable bonds is 12. The van der Waals surface area contributed by atoms with Gasteiger partial charge < -0.3 is 19.4 Å². The number of sulfonamides is 1. The van der Waals surface area contributed by atoms with Gasteiger partial charge in [0.25, 0.3) is 5.56 Å². The minimum Gasteiger partial charge on any atom is -0.493 e. The van der Waals surface area contributed by atoms with Crippen LogP contribution in [0.4, 0.5) is 0 Å². The zero-order valence-corrected chi connectivity index (χ0v) is 26.3. The lowest BCUT2D eigenvalue weighted by molar-refractivity contribution is -0.200. The van der Waals surface area contributed by atoms with Crippen molar-refractivity contribution < 1.29 is 27.5 Å². The molecule has 1 unspecified atom stereocenters. The molecule has 5 rings (SSSR count). The van der Waals surface area contributed by atoms with Crippen molar-refractivity contribution in [3.8, 4) is 17.1 Å². The number of aromatic amines is 1. The number of hydrogen-bond donors (Lipinski definition) is 2. The molecule has 2 saturated heterocycles. The number of piperazine rings is 1.